The smallest absolute Gasteiger partial charge is 0.392 e. The second-order valence-corrected chi connectivity index (χ2v) is 8.05. The highest BCUT2D eigenvalue weighted by Gasteiger charge is 2.33. The van der Waals surface area contributed by atoms with Crippen molar-refractivity contribution in [2.45, 2.75) is 57.3 Å². The number of carbonyl (C=O) groups is 1. The van der Waals surface area contributed by atoms with E-state index in [9.17, 15) is 23.1 Å². The number of alkyl halides is 3. The minimum absolute atomic E-state index is 0.0222. The molecule has 2 aliphatic rings. The minimum Gasteiger partial charge on any atom is -0.392 e. The molecule has 1 unspecified atom stereocenters. The molecule has 9 heteroatoms. The molecule has 2 N–H and O–H groups in total. The lowest BCUT2D eigenvalue weighted by molar-refractivity contribution is -0.137. The first kappa shape index (κ1) is 22.7. The number of urea groups is 1. The molecule has 30 heavy (non-hydrogen) atoms. The number of aliphatic hydroxyl groups excluding tert-OH is 1. The van der Waals surface area contributed by atoms with Crippen LogP contribution in [-0.2, 0) is 10.9 Å². The first-order valence-corrected chi connectivity index (χ1v) is 10.6. The average Bonchev–Trinajstić information content (AvgIpc) is 2.72. The molecule has 0 spiro atoms. The van der Waals surface area contributed by atoms with Crippen LogP contribution in [0.25, 0.3) is 0 Å². The highest BCUT2D eigenvalue weighted by Crippen LogP contribution is 2.36. The van der Waals surface area contributed by atoms with Gasteiger partial charge in [-0.05, 0) is 38.0 Å². The maximum atomic E-state index is 13.3. The third-order valence-corrected chi connectivity index (χ3v) is 5.65. The number of hydrogen-bond donors (Lipinski definition) is 2. The lowest BCUT2D eigenvalue weighted by Crippen LogP contribution is -2.47. The van der Waals surface area contributed by atoms with Gasteiger partial charge in [-0.1, -0.05) is 19.3 Å². The van der Waals surface area contributed by atoms with E-state index < -0.39 is 23.9 Å². The molecule has 0 aromatic heterocycles. The van der Waals surface area contributed by atoms with Crippen LogP contribution in [0.1, 0.15) is 44.6 Å². The first-order chi connectivity index (χ1) is 14.3. The number of nitrogens with one attached hydrogen (secondary N) is 1. The molecule has 6 nitrogen and oxygen atoms in total. The van der Waals surface area contributed by atoms with E-state index in [0.29, 0.717) is 32.0 Å². The standard InChI is InChI=1S/C21H30F3N3O3/c1-15(28)14-27(17-5-3-2-4-6-17)20(29)25-18-13-16(21(22,23)24)7-8-19(18)26-9-11-30-12-10-26/h7-8,13,15,17,28H,2-6,9-12,14H2,1H3,(H,25,29). The number of hydrogen-bond acceptors (Lipinski definition) is 4. The fourth-order valence-corrected chi connectivity index (χ4v) is 4.15. The maximum absolute atomic E-state index is 13.3. The summed E-state index contributed by atoms with van der Waals surface area (Å²) >= 11 is 0. The molecule has 1 aromatic carbocycles. The summed E-state index contributed by atoms with van der Waals surface area (Å²) in [5.74, 6) is 0. The van der Waals surface area contributed by atoms with Crippen LogP contribution in [0.2, 0.25) is 0 Å². The fourth-order valence-electron chi connectivity index (χ4n) is 4.15. The lowest BCUT2D eigenvalue weighted by atomic mass is 9.94. The molecular weight excluding hydrogens is 399 g/mol. The Kier molecular flexibility index (Phi) is 7.46. The van der Waals surface area contributed by atoms with Gasteiger partial charge in [-0.2, -0.15) is 13.2 Å². The monoisotopic (exact) mass is 429 g/mol. The predicted octanol–water partition coefficient (Wildman–Crippen LogP) is 4.09. The van der Waals surface area contributed by atoms with Crippen molar-refractivity contribution < 1.29 is 27.8 Å². The van der Waals surface area contributed by atoms with Gasteiger partial charge >= 0.3 is 12.2 Å². The highest BCUT2D eigenvalue weighted by atomic mass is 19.4. The summed E-state index contributed by atoms with van der Waals surface area (Å²) in [5.41, 5.74) is -0.141. The van der Waals surface area contributed by atoms with Crippen LogP contribution in [0.3, 0.4) is 0 Å². The summed E-state index contributed by atoms with van der Waals surface area (Å²) in [6.07, 6.45) is -0.467. The number of carbonyl (C=O) groups excluding carboxylic acids is 1. The van der Waals surface area contributed by atoms with Crippen LogP contribution < -0.4 is 10.2 Å². The van der Waals surface area contributed by atoms with Gasteiger partial charge in [-0.3, -0.25) is 0 Å². The van der Waals surface area contributed by atoms with Gasteiger partial charge < -0.3 is 25.0 Å². The number of rotatable bonds is 5. The Hall–Kier alpha value is -2.00. The summed E-state index contributed by atoms with van der Waals surface area (Å²) in [6.45, 7) is 3.77. The molecule has 1 saturated carbocycles. The molecule has 1 aliphatic heterocycles. The average molecular weight is 429 g/mol. The number of anilines is 2. The zero-order valence-corrected chi connectivity index (χ0v) is 17.2. The van der Waals surface area contributed by atoms with Crippen molar-refractivity contribution in [1.29, 1.82) is 0 Å². The Morgan fingerprint density at radius 1 is 1.27 bits per heavy atom. The van der Waals surface area contributed by atoms with Gasteiger partial charge in [0.25, 0.3) is 0 Å². The minimum atomic E-state index is -4.51. The molecule has 1 aliphatic carbocycles. The molecule has 1 aromatic rings. The largest absolute Gasteiger partial charge is 0.416 e. The molecule has 168 valence electrons. The molecular formula is C21H30F3N3O3. The van der Waals surface area contributed by atoms with Crippen molar-refractivity contribution in [2.24, 2.45) is 0 Å². The number of aliphatic hydroxyl groups is 1. The van der Waals surface area contributed by atoms with E-state index in [4.69, 9.17) is 4.74 Å². The third kappa shape index (κ3) is 5.78. The Labute approximate surface area is 175 Å². The van der Waals surface area contributed by atoms with Crippen LogP contribution in [0.4, 0.5) is 29.3 Å². The number of morpholine rings is 1. The van der Waals surface area contributed by atoms with Crippen LogP contribution in [0.5, 0.6) is 0 Å². The van der Waals surface area contributed by atoms with Crippen LogP contribution in [0.15, 0.2) is 18.2 Å². The number of amides is 2. The van der Waals surface area contributed by atoms with Crippen molar-refractivity contribution >= 4 is 17.4 Å². The van der Waals surface area contributed by atoms with E-state index >= 15 is 0 Å². The van der Waals surface area contributed by atoms with Crippen LogP contribution in [-0.4, -0.2) is 61.0 Å². The van der Waals surface area contributed by atoms with Crippen LogP contribution >= 0.6 is 0 Å². The summed E-state index contributed by atoms with van der Waals surface area (Å²) in [4.78, 5) is 16.6. The summed E-state index contributed by atoms with van der Waals surface area (Å²) in [6, 6.07) is 2.94. The van der Waals surface area contributed by atoms with E-state index in [-0.39, 0.29) is 18.3 Å². The Morgan fingerprint density at radius 2 is 1.93 bits per heavy atom. The van der Waals surface area contributed by atoms with E-state index in [1.807, 2.05) is 4.90 Å². The number of benzene rings is 1. The summed E-state index contributed by atoms with van der Waals surface area (Å²) in [5, 5.41) is 12.6. The third-order valence-electron chi connectivity index (χ3n) is 5.65. The number of halogens is 3. The number of ether oxygens (including phenoxy) is 1. The summed E-state index contributed by atoms with van der Waals surface area (Å²) in [7, 11) is 0. The van der Waals surface area contributed by atoms with Crippen molar-refractivity contribution in [3.63, 3.8) is 0 Å². The SMILES string of the molecule is CC(O)CN(C(=O)Nc1cc(C(F)(F)F)ccc1N1CCOCC1)C1CCCCC1. The molecule has 0 radical (unpaired) electrons. The van der Waals surface area contributed by atoms with Crippen LogP contribution in [0, 0.1) is 0 Å². The second kappa shape index (κ2) is 9.87. The first-order valence-electron chi connectivity index (χ1n) is 10.6. The quantitative estimate of drug-likeness (QED) is 0.740. The van der Waals surface area contributed by atoms with Gasteiger partial charge in [0.1, 0.15) is 0 Å². The van der Waals surface area contributed by atoms with Crippen molar-refractivity contribution in [1.82, 2.24) is 4.90 Å². The molecule has 1 atom stereocenters. The molecule has 2 amide bonds. The van der Waals surface area contributed by atoms with Gasteiger partial charge in [0, 0.05) is 25.7 Å². The predicted molar refractivity (Wildman–Crippen MR) is 109 cm³/mol. The number of nitrogens with zero attached hydrogens (tertiary/aromatic N) is 2. The van der Waals surface area contributed by atoms with Gasteiger partial charge in [-0.15, -0.1) is 0 Å². The van der Waals surface area contributed by atoms with Crippen molar-refractivity contribution in [2.75, 3.05) is 43.1 Å². The fraction of sp³-hybridized carbons (Fsp3) is 0.667. The van der Waals surface area contributed by atoms with E-state index in [1.54, 1.807) is 11.8 Å². The Balaban J connectivity index is 1.87. The zero-order chi connectivity index (χ0) is 21.7. The maximum Gasteiger partial charge on any atom is 0.416 e. The van der Waals surface area contributed by atoms with E-state index in [1.165, 1.54) is 6.07 Å². The van der Waals surface area contributed by atoms with E-state index in [2.05, 4.69) is 5.32 Å². The molecule has 3 rings (SSSR count). The lowest BCUT2D eigenvalue weighted by Gasteiger charge is -2.36. The topological polar surface area (TPSA) is 65.0 Å². The molecule has 1 heterocycles. The van der Waals surface area contributed by atoms with Crippen molar-refractivity contribution in [3.8, 4) is 0 Å². The highest BCUT2D eigenvalue weighted by molar-refractivity contribution is 5.93. The zero-order valence-electron chi connectivity index (χ0n) is 17.2. The second-order valence-electron chi connectivity index (χ2n) is 8.05. The molecule has 2 fully saturated rings. The van der Waals surface area contributed by atoms with Crippen molar-refractivity contribution in [3.05, 3.63) is 23.8 Å². The van der Waals surface area contributed by atoms with Gasteiger partial charge in [0.2, 0.25) is 0 Å². The Morgan fingerprint density at radius 3 is 2.53 bits per heavy atom. The molecule has 1 saturated heterocycles. The summed E-state index contributed by atoms with van der Waals surface area (Å²) < 4.78 is 45.3. The Bertz CT molecular complexity index is 715. The van der Waals surface area contributed by atoms with E-state index in [0.717, 1.165) is 44.2 Å². The van der Waals surface area contributed by atoms with Gasteiger partial charge in [-0.25, -0.2) is 4.79 Å². The normalized spacial score (nSPS) is 19.4. The van der Waals surface area contributed by atoms with Gasteiger partial charge in [0.15, 0.2) is 0 Å². The van der Waals surface area contributed by atoms with Gasteiger partial charge in [0.05, 0.1) is 36.3 Å². The molecule has 0 bridgehead atoms.